The molecule has 31 heavy (non-hydrogen) atoms. The molecule has 1 aromatic carbocycles. The smallest absolute Gasteiger partial charge is 0.341 e. The lowest BCUT2D eigenvalue weighted by Gasteiger charge is -2.21. The summed E-state index contributed by atoms with van der Waals surface area (Å²) in [6.07, 6.45) is 2.94. The van der Waals surface area contributed by atoms with Gasteiger partial charge in [0.2, 0.25) is 0 Å². The molecule has 0 bridgehead atoms. The fraction of sp³-hybridized carbons (Fsp3) is 0.476. The molecule has 0 spiro atoms. The quantitative estimate of drug-likeness (QED) is 0.318. The Kier molecular flexibility index (Phi) is 8.63. The number of anilines is 1. The Morgan fingerprint density at radius 3 is 2.52 bits per heavy atom. The normalized spacial score (nSPS) is 13.5. The molecule has 0 saturated carbocycles. The van der Waals surface area contributed by atoms with Gasteiger partial charge in [-0.05, 0) is 39.2 Å². The molecule has 1 heterocycles. The molecule has 0 atom stereocenters. The SMILES string of the molecule is CCOC(=O)CCC(C)=CCc1c(NC(=O)C(Cl)(Cl)Cl)c2c(c(C)c1OC)COC2=O. The predicted octanol–water partition coefficient (Wildman–Crippen LogP) is 4.81. The van der Waals surface area contributed by atoms with Crippen LogP contribution < -0.4 is 10.1 Å². The van der Waals surface area contributed by atoms with Crippen LogP contribution in [-0.4, -0.2) is 35.4 Å². The first kappa shape index (κ1) is 25.3. The van der Waals surface area contributed by atoms with Crippen LogP contribution in [0.4, 0.5) is 5.69 Å². The second-order valence-electron chi connectivity index (χ2n) is 6.95. The molecule has 10 heteroatoms. The van der Waals surface area contributed by atoms with E-state index in [1.807, 2.05) is 13.0 Å². The number of rotatable bonds is 8. The van der Waals surface area contributed by atoms with E-state index in [0.717, 1.165) is 11.1 Å². The molecule has 1 aromatic rings. The molecule has 0 aliphatic carbocycles. The van der Waals surface area contributed by atoms with Crippen molar-refractivity contribution in [3.05, 3.63) is 33.9 Å². The first-order valence-corrected chi connectivity index (χ1v) is 10.7. The van der Waals surface area contributed by atoms with Crippen molar-refractivity contribution in [2.45, 2.75) is 50.4 Å². The zero-order chi connectivity index (χ0) is 23.3. The van der Waals surface area contributed by atoms with Crippen molar-refractivity contribution in [3.63, 3.8) is 0 Å². The largest absolute Gasteiger partial charge is 0.496 e. The number of halogens is 3. The Bertz CT molecular complexity index is 921. The minimum atomic E-state index is -2.23. The van der Waals surface area contributed by atoms with Crippen molar-refractivity contribution < 1.29 is 28.6 Å². The average molecular weight is 493 g/mol. The van der Waals surface area contributed by atoms with Crippen molar-refractivity contribution in [2.24, 2.45) is 0 Å². The van der Waals surface area contributed by atoms with Gasteiger partial charge in [-0.3, -0.25) is 9.59 Å². The molecule has 0 unspecified atom stereocenters. The maximum atomic E-state index is 12.4. The second-order valence-corrected chi connectivity index (χ2v) is 9.23. The maximum absolute atomic E-state index is 12.4. The average Bonchev–Trinajstić information content (AvgIpc) is 3.08. The fourth-order valence-corrected chi connectivity index (χ4v) is 3.43. The van der Waals surface area contributed by atoms with E-state index in [2.05, 4.69) is 5.32 Å². The van der Waals surface area contributed by atoms with Gasteiger partial charge in [0.05, 0.1) is 25.0 Å². The molecule has 1 aliphatic rings. The molecule has 0 aromatic heterocycles. The van der Waals surface area contributed by atoms with Crippen LogP contribution in [-0.2, 0) is 32.1 Å². The number of alkyl halides is 3. The number of carbonyl (C=O) groups is 3. The van der Waals surface area contributed by atoms with E-state index in [1.165, 1.54) is 7.11 Å². The lowest BCUT2D eigenvalue weighted by atomic mass is 9.93. The first-order valence-electron chi connectivity index (χ1n) is 9.60. The molecular formula is C21H24Cl3NO6. The summed E-state index contributed by atoms with van der Waals surface area (Å²) in [5.74, 6) is -1.27. The first-order chi connectivity index (χ1) is 14.5. The van der Waals surface area contributed by atoms with Gasteiger partial charge in [-0.2, -0.15) is 0 Å². The van der Waals surface area contributed by atoms with Crippen LogP contribution in [0.15, 0.2) is 11.6 Å². The number of nitrogens with one attached hydrogen (secondary N) is 1. The van der Waals surface area contributed by atoms with Crippen molar-refractivity contribution in [1.29, 1.82) is 0 Å². The van der Waals surface area contributed by atoms with Crippen molar-refractivity contribution in [3.8, 4) is 5.75 Å². The summed E-state index contributed by atoms with van der Waals surface area (Å²) in [4.78, 5) is 36.4. The van der Waals surface area contributed by atoms with E-state index in [9.17, 15) is 14.4 Å². The number of hydrogen-bond donors (Lipinski definition) is 1. The predicted molar refractivity (Wildman–Crippen MR) is 119 cm³/mol. The van der Waals surface area contributed by atoms with Gasteiger partial charge in [-0.1, -0.05) is 46.5 Å². The molecule has 1 N–H and O–H groups in total. The molecule has 7 nitrogen and oxygen atoms in total. The highest BCUT2D eigenvalue weighted by Gasteiger charge is 2.36. The van der Waals surface area contributed by atoms with Crippen LogP contribution in [0.3, 0.4) is 0 Å². The number of hydrogen-bond acceptors (Lipinski definition) is 6. The molecule has 0 saturated heterocycles. The van der Waals surface area contributed by atoms with Crippen LogP contribution >= 0.6 is 34.8 Å². The van der Waals surface area contributed by atoms with Crippen molar-refractivity contribution in [1.82, 2.24) is 0 Å². The summed E-state index contributed by atoms with van der Waals surface area (Å²) in [5, 5.41) is 2.55. The summed E-state index contributed by atoms with van der Waals surface area (Å²) < 4.78 is 13.5. The maximum Gasteiger partial charge on any atom is 0.341 e. The van der Waals surface area contributed by atoms with Gasteiger partial charge in [0.1, 0.15) is 12.4 Å². The molecule has 0 fully saturated rings. The Labute approximate surface area is 195 Å². The summed E-state index contributed by atoms with van der Waals surface area (Å²) >= 11 is 17.2. The standard InChI is InChI=1S/C21H24Cl3NO6/c1-5-30-15(26)9-7-11(2)6-8-13-17(25-20(28)21(22,23)24)16-14(10-31-19(16)27)12(3)18(13)29-4/h6H,5,7-10H2,1-4H3,(H,25,28). The minimum Gasteiger partial charge on any atom is -0.496 e. The topological polar surface area (TPSA) is 90.9 Å². The highest BCUT2D eigenvalue weighted by molar-refractivity contribution is 6.76. The lowest BCUT2D eigenvalue weighted by Crippen LogP contribution is -2.28. The zero-order valence-electron chi connectivity index (χ0n) is 17.7. The number of esters is 2. The van der Waals surface area contributed by atoms with Crippen LogP contribution in [0.1, 0.15) is 53.7 Å². The van der Waals surface area contributed by atoms with Gasteiger partial charge in [0.15, 0.2) is 0 Å². The van der Waals surface area contributed by atoms with E-state index in [4.69, 9.17) is 49.0 Å². The molecular weight excluding hydrogens is 469 g/mol. The van der Waals surface area contributed by atoms with Crippen LogP contribution in [0.25, 0.3) is 0 Å². The Hall–Kier alpha value is -1.96. The van der Waals surface area contributed by atoms with Crippen LogP contribution in [0.2, 0.25) is 0 Å². The molecule has 2 rings (SSSR count). The summed E-state index contributed by atoms with van der Waals surface area (Å²) in [6.45, 7) is 5.82. The van der Waals surface area contributed by atoms with E-state index in [-0.39, 0.29) is 30.2 Å². The van der Waals surface area contributed by atoms with Gasteiger partial charge < -0.3 is 19.5 Å². The van der Waals surface area contributed by atoms with Gasteiger partial charge in [0.25, 0.3) is 9.70 Å². The van der Waals surface area contributed by atoms with Crippen molar-refractivity contribution in [2.75, 3.05) is 19.0 Å². The Morgan fingerprint density at radius 2 is 1.94 bits per heavy atom. The number of allylic oxidation sites excluding steroid dienone is 2. The number of methoxy groups -OCH3 is 1. The summed E-state index contributed by atoms with van der Waals surface area (Å²) in [6, 6.07) is 0. The molecule has 1 aliphatic heterocycles. The number of cyclic esters (lactones) is 1. The molecule has 170 valence electrons. The lowest BCUT2D eigenvalue weighted by molar-refractivity contribution is -0.143. The van der Waals surface area contributed by atoms with E-state index in [1.54, 1.807) is 13.8 Å². The van der Waals surface area contributed by atoms with Crippen LogP contribution in [0.5, 0.6) is 5.75 Å². The minimum absolute atomic E-state index is 0.0572. The second kappa shape index (κ2) is 10.6. The Morgan fingerprint density at radius 1 is 1.26 bits per heavy atom. The number of amides is 1. The van der Waals surface area contributed by atoms with E-state index in [0.29, 0.717) is 36.3 Å². The van der Waals surface area contributed by atoms with Gasteiger partial charge in [-0.15, -0.1) is 0 Å². The highest BCUT2D eigenvalue weighted by Crippen LogP contribution is 2.42. The number of carbonyl (C=O) groups excluding carboxylic acids is 3. The summed E-state index contributed by atoms with van der Waals surface area (Å²) in [5.41, 5.74) is 3.19. The number of ether oxygens (including phenoxy) is 3. The number of fused-ring (bicyclic) bond motifs is 1. The number of benzene rings is 1. The van der Waals surface area contributed by atoms with Gasteiger partial charge in [0, 0.05) is 17.5 Å². The zero-order valence-corrected chi connectivity index (χ0v) is 20.0. The Balaban J connectivity index is 2.47. The third kappa shape index (κ3) is 6.05. The van der Waals surface area contributed by atoms with Crippen molar-refractivity contribution >= 4 is 58.3 Å². The monoisotopic (exact) mass is 491 g/mol. The molecule has 1 amide bonds. The van der Waals surface area contributed by atoms with Crippen LogP contribution in [0, 0.1) is 6.92 Å². The van der Waals surface area contributed by atoms with E-state index >= 15 is 0 Å². The third-order valence-electron chi connectivity index (χ3n) is 4.86. The summed E-state index contributed by atoms with van der Waals surface area (Å²) in [7, 11) is 1.49. The third-order valence-corrected chi connectivity index (χ3v) is 5.37. The highest BCUT2D eigenvalue weighted by atomic mass is 35.6. The molecule has 0 radical (unpaired) electrons. The van der Waals surface area contributed by atoms with E-state index < -0.39 is 15.7 Å². The fourth-order valence-electron chi connectivity index (χ4n) is 3.29. The van der Waals surface area contributed by atoms with Gasteiger partial charge in [-0.25, -0.2) is 4.79 Å². The van der Waals surface area contributed by atoms with Gasteiger partial charge >= 0.3 is 11.9 Å².